The molecule has 22 heavy (non-hydrogen) atoms. The number of carbonyl (C=O) groups is 1. The number of rotatable bonds is 3. The summed E-state index contributed by atoms with van der Waals surface area (Å²) in [7, 11) is 0. The van der Waals surface area contributed by atoms with Crippen LogP contribution in [0.4, 0.5) is 5.69 Å². The highest BCUT2D eigenvalue weighted by molar-refractivity contribution is 6.32. The summed E-state index contributed by atoms with van der Waals surface area (Å²) in [6.45, 7) is 1.85. The monoisotopic (exact) mass is 314 g/mol. The number of H-pyrrole nitrogens is 1. The van der Waals surface area contributed by atoms with Gasteiger partial charge in [0.25, 0.3) is 5.91 Å². The number of benzene rings is 1. The van der Waals surface area contributed by atoms with E-state index in [2.05, 4.69) is 15.3 Å². The van der Waals surface area contributed by atoms with Crippen LogP contribution in [-0.4, -0.2) is 15.9 Å². The lowest BCUT2D eigenvalue weighted by Gasteiger charge is -2.11. The van der Waals surface area contributed by atoms with Crippen LogP contribution in [0.2, 0.25) is 5.02 Å². The van der Waals surface area contributed by atoms with E-state index in [9.17, 15) is 4.79 Å². The molecule has 3 aromatic rings. The molecule has 1 amide bonds. The Morgan fingerprint density at radius 3 is 2.91 bits per heavy atom. The lowest BCUT2D eigenvalue weighted by molar-refractivity contribution is 0.102. The summed E-state index contributed by atoms with van der Waals surface area (Å²) in [6, 6.07) is 8.57. The molecule has 1 atom stereocenters. The van der Waals surface area contributed by atoms with Crippen molar-refractivity contribution in [3.05, 3.63) is 58.9 Å². The van der Waals surface area contributed by atoms with Gasteiger partial charge >= 0.3 is 0 Å². The Balaban J connectivity index is 1.89. The summed E-state index contributed by atoms with van der Waals surface area (Å²) < 4.78 is 0. The molecule has 0 aliphatic rings. The summed E-state index contributed by atoms with van der Waals surface area (Å²) in [5, 5.41) is 4.22. The lowest BCUT2D eigenvalue weighted by Crippen LogP contribution is -2.13. The molecule has 0 fully saturated rings. The van der Waals surface area contributed by atoms with E-state index in [4.69, 9.17) is 17.3 Å². The summed E-state index contributed by atoms with van der Waals surface area (Å²) >= 11 is 6.17. The van der Waals surface area contributed by atoms with Gasteiger partial charge in [-0.05, 0) is 36.8 Å². The average molecular weight is 315 g/mol. The van der Waals surface area contributed by atoms with E-state index in [-0.39, 0.29) is 11.9 Å². The van der Waals surface area contributed by atoms with E-state index < -0.39 is 0 Å². The normalized spacial score (nSPS) is 12.3. The number of aromatic nitrogens is 2. The summed E-state index contributed by atoms with van der Waals surface area (Å²) in [5.74, 6) is -0.230. The fourth-order valence-corrected chi connectivity index (χ4v) is 2.65. The van der Waals surface area contributed by atoms with Gasteiger partial charge in [-0.1, -0.05) is 17.7 Å². The maximum atomic E-state index is 12.4. The standard InChI is InChI=1S/C16H15ClN4O/c1-9(18)11-3-2-10(8-13(11)17)16(22)21-14-5-7-20-15-12(14)4-6-19-15/h2-9H,18H2,1H3,(H2,19,20,21,22). The molecule has 2 aromatic heterocycles. The highest BCUT2D eigenvalue weighted by Crippen LogP contribution is 2.24. The van der Waals surface area contributed by atoms with Crippen molar-refractivity contribution in [2.24, 2.45) is 5.73 Å². The van der Waals surface area contributed by atoms with Crippen LogP contribution in [0.3, 0.4) is 0 Å². The molecule has 112 valence electrons. The number of carbonyl (C=O) groups excluding carboxylic acids is 1. The van der Waals surface area contributed by atoms with Gasteiger partial charge in [-0.15, -0.1) is 0 Å². The number of fused-ring (bicyclic) bond motifs is 1. The molecular weight excluding hydrogens is 300 g/mol. The number of nitrogens with one attached hydrogen (secondary N) is 2. The number of hydrogen-bond acceptors (Lipinski definition) is 3. The van der Waals surface area contributed by atoms with Crippen LogP contribution in [0, 0.1) is 0 Å². The highest BCUT2D eigenvalue weighted by Gasteiger charge is 2.12. The van der Waals surface area contributed by atoms with Crippen LogP contribution in [0.15, 0.2) is 42.7 Å². The highest BCUT2D eigenvalue weighted by atomic mass is 35.5. The minimum atomic E-state index is -0.230. The van der Waals surface area contributed by atoms with Gasteiger partial charge in [0.1, 0.15) is 5.65 Å². The SMILES string of the molecule is CC(N)c1ccc(C(=O)Nc2ccnc3[nH]ccc23)cc1Cl. The van der Waals surface area contributed by atoms with Crippen LogP contribution in [0.1, 0.15) is 28.9 Å². The van der Waals surface area contributed by atoms with Gasteiger partial charge in [0.2, 0.25) is 0 Å². The Bertz CT molecular complexity index is 841. The van der Waals surface area contributed by atoms with Crippen molar-refractivity contribution in [3.8, 4) is 0 Å². The smallest absolute Gasteiger partial charge is 0.255 e. The van der Waals surface area contributed by atoms with Gasteiger partial charge in [-0.2, -0.15) is 0 Å². The number of aromatic amines is 1. The second-order valence-corrected chi connectivity index (χ2v) is 5.48. The van der Waals surface area contributed by atoms with Crippen molar-refractivity contribution in [2.75, 3.05) is 5.32 Å². The third kappa shape index (κ3) is 2.68. The van der Waals surface area contributed by atoms with Crippen molar-refractivity contribution < 1.29 is 4.79 Å². The van der Waals surface area contributed by atoms with E-state index in [1.807, 2.05) is 13.0 Å². The predicted octanol–water partition coefficient (Wildman–Crippen LogP) is 3.49. The summed E-state index contributed by atoms with van der Waals surface area (Å²) in [4.78, 5) is 19.6. The van der Waals surface area contributed by atoms with Gasteiger partial charge in [0.05, 0.1) is 5.69 Å². The number of anilines is 1. The zero-order chi connectivity index (χ0) is 15.7. The third-order valence-corrected chi connectivity index (χ3v) is 3.79. The minimum absolute atomic E-state index is 0.177. The molecule has 2 heterocycles. The van der Waals surface area contributed by atoms with Crippen molar-refractivity contribution in [2.45, 2.75) is 13.0 Å². The lowest BCUT2D eigenvalue weighted by atomic mass is 10.1. The Morgan fingerprint density at radius 2 is 2.18 bits per heavy atom. The van der Waals surface area contributed by atoms with Gasteiger partial charge in [0.15, 0.2) is 0 Å². The predicted molar refractivity (Wildman–Crippen MR) is 88.1 cm³/mol. The first-order valence-corrected chi connectivity index (χ1v) is 7.22. The molecule has 6 heteroatoms. The van der Waals surface area contributed by atoms with Gasteiger partial charge in [0, 0.05) is 34.4 Å². The molecule has 0 radical (unpaired) electrons. The van der Waals surface area contributed by atoms with Gasteiger partial charge < -0.3 is 16.0 Å². The average Bonchev–Trinajstić information content (AvgIpc) is 2.96. The van der Waals surface area contributed by atoms with E-state index in [1.165, 1.54) is 0 Å². The molecule has 1 unspecified atom stereocenters. The third-order valence-electron chi connectivity index (χ3n) is 3.46. The number of amides is 1. The van der Waals surface area contributed by atoms with Crippen LogP contribution in [0.25, 0.3) is 11.0 Å². The van der Waals surface area contributed by atoms with E-state index in [0.717, 1.165) is 16.6 Å². The van der Waals surface area contributed by atoms with Crippen LogP contribution in [-0.2, 0) is 0 Å². The largest absolute Gasteiger partial charge is 0.346 e. The first kappa shape index (κ1) is 14.6. The fraction of sp³-hybridized carbons (Fsp3) is 0.125. The van der Waals surface area contributed by atoms with Crippen LogP contribution in [0.5, 0.6) is 0 Å². The molecule has 3 rings (SSSR count). The van der Waals surface area contributed by atoms with Crippen molar-refractivity contribution in [1.82, 2.24) is 9.97 Å². The Kier molecular flexibility index (Phi) is 3.83. The molecule has 4 N–H and O–H groups in total. The molecule has 0 saturated carbocycles. The second-order valence-electron chi connectivity index (χ2n) is 5.08. The zero-order valence-electron chi connectivity index (χ0n) is 11.9. The number of nitrogens with two attached hydrogens (primary N) is 1. The Labute approximate surface area is 132 Å². The number of hydrogen-bond donors (Lipinski definition) is 3. The molecule has 1 aromatic carbocycles. The van der Waals surface area contributed by atoms with E-state index in [0.29, 0.717) is 16.3 Å². The van der Waals surface area contributed by atoms with E-state index >= 15 is 0 Å². The molecule has 0 spiro atoms. The molecule has 0 saturated heterocycles. The molecule has 0 aliphatic carbocycles. The van der Waals surface area contributed by atoms with E-state index in [1.54, 1.807) is 36.7 Å². The number of nitrogens with zero attached hydrogens (tertiary/aromatic N) is 1. The molecule has 5 nitrogen and oxygen atoms in total. The zero-order valence-corrected chi connectivity index (χ0v) is 12.7. The van der Waals surface area contributed by atoms with Gasteiger partial charge in [-0.25, -0.2) is 4.98 Å². The fourth-order valence-electron chi connectivity index (χ4n) is 2.30. The second kappa shape index (κ2) is 5.79. The van der Waals surface area contributed by atoms with Crippen LogP contribution >= 0.6 is 11.6 Å². The minimum Gasteiger partial charge on any atom is -0.346 e. The topological polar surface area (TPSA) is 83.8 Å². The summed E-state index contributed by atoms with van der Waals surface area (Å²) in [6.07, 6.45) is 3.42. The number of halogens is 1. The van der Waals surface area contributed by atoms with Gasteiger partial charge in [-0.3, -0.25) is 4.79 Å². The molecular formula is C16H15ClN4O. The van der Waals surface area contributed by atoms with Crippen molar-refractivity contribution in [3.63, 3.8) is 0 Å². The quantitative estimate of drug-likeness (QED) is 0.692. The molecule has 0 bridgehead atoms. The first-order valence-electron chi connectivity index (χ1n) is 6.84. The maximum Gasteiger partial charge on any atom is 0.255 e. The number of pyridine rings is 1. The summed E-state index contributed by atoms with van der Waals surface area (Å²) in [5.41, 5.74) is 8.54. The molecule has 0 aliphatic heterocycles. The first-order chi connectivity index (χ1) is 10.6. The van der Waals surface area contributed by atoms with Crippen LogP contribution < -0.4 is 11.1 Å². The van der Waals surface area contributed by atoms with Crippen molar-refractivity contribution >= 4 is 34.2 Å². The van der Waals surface area contributed by atoms with Crippen molar-refractivity contribution in [1.29, 1.82) is 0 Å². The Morgan fingerprint density at radius 1 is 1.36 bits per heavy atom. The maximum absolute atomic E-state index is 12.4. The Hall–Kier alpha value is -2.37.